The van der Waals surface area contributed by atoms with Gasteiger partial charge in [0.15, 0.2) is 0 Å². The van der Waals surface area contributed by atoms with E-state index in [1.54, 1.807) is 13.0 Å². The third-order valence-electron chi connectivity index (χ3n) is 3.41. The van der Waals surface area contributed by atoms with Gasteiger partial charge in [-0.25, -0.2) is 8.42 Å². The van der Waals surface area contributed by atoms with Gasteiger partial charge < -0.3 is 10.5 Å². The van der Waals surface area contributed by atoms with Crippen molar-refractivity contribution in [3.05, 3.63) is 24.0 Å². The summed E-state index contributed by atoms with van der Waals surface area (Å²) in [6.45, 7) is 3.18. The van der Waals surface area contributed by atoms with E-state index < -0.39 is 10.0 Å². The summed E-state index contributed by atoms with van der Waals surface area (Å²) in [5.41, 5.74) is 5.72. The Kier molecular flexibility index (Phi) is 5.26. The van der Waals surface area contributed by atoms with E-state index in [-0.39, 0.29) is 21.7 Å². The van der Waals surface area contributed by atoms with Gasteiger partial charge in [0.05, 0.1) is 6.10 Å². The van der Waals surface area contributed by atoms with Crippen LogP contribution in [0.4, 0.5) is 0 Å². The molecule has 2 rings (SSSR count). The number of hydrogen-bond acceptors (Lipinski definition) is 5. The molecule has 1 fully saturated rings. The largest absolute Gasteiger partial charge is 0.388 e. The van der Waals surface area contributed by atoms with Crippen molar-refractivity contribution in [2.75, 3.05) is 19.7 Å². The van der Waals surface area contributed by atoms with Crippen LogP contribution < -0.4 is 5.73 Å². The van der Waals surface area contributed by atoms with Crippen LogP contribution in [0.2, 0.25) is 0 Å². The molecule has 1 atom stereocenters. The smallest absolute Gasteiger partial charge is 0.245 e. The van der Waals surface area contributed by atoms with Gasteiger partial charge in [-0.05, 0) is 25.0 Å². The van der Waals surface area contributed by atoms with Crippen LogP contribution in [0.15, 0.2) is 23.2 Å². The minimum absolute atomic E-state index is 0.0256. The van der Waals surface area contributed by atoms with Crippen molar-refractivity contribution >= 4 is 27.2 Å². The third kappa shape index (κ3) is 3.57. The molecule has 0 spiro atoms. The molecule has 1 aromatic heterocycles. The van der Waals surface area contributed by atoms with Crippen LogP contribution in [0.5, 0.6) is 0 Å². The molecule has 0 saturated carbocycles. The van der Waals surface area contributed by atoms with E-state index in [4.69, 9.17) is 22.7 Å². The molecule has 1 unspecified atom stereocenters. The first-order valence-corrected chi connectivity index (χ1v) is 8.68. The number of rotatable bonds is 6. The van der Waals surface area contributed by atoms with Crippen LogP contribution in [0, 0.1) is 0 Å². The SMILES string of the molecule is CCN(CC1CCCO1)S(=O)(=O)c1cccnc1C(N)=S. The lowest BCUT2D eigenvalue weighted by Crippen LogP contribution is -2.38. The number of likely N-dealkylation sites (N-methyl/N-ethyl adjacent to an activating group) is 1. The molecule has 2 heterocycles. The highest BCUT2D eigenvalue weighted by molar-refractivity contribution is 7.89. The first-order chi connectivity index (χ1) is 9.96. The Labute approximate surface area is 130 Å². The molecule has 1 aliphatic rings. The lowest BCUT2D eigenvalue weighted by atomic mass is 10.2. The predicted octanol–water partition coefficient (Wildman–Crippen LogP) is 0.905. The first-order valence-electron chi connectivity index (χ1n) is 6.83. The van der Waals surface area contributed by atoms with Crippen molar-refractivity contribution in [3.8, 4) is 0 Å². The molecule has 2 N–H and O–H groups in total. The van der Waals surface area contributed by atoms with Crippen LogP contribution in [-0.4, -0.2) is 48.5 Å². The first kappa shape index (κ1) is 16.3. The van der Waals surface area contributed by atoms with Crippen molar-refractivity contribution in [3.63, 3.8) is 0 Å². The normalized spacial score (nSPS) is 19.0. The molecule has 0 bridgehead atoms. The Bertz CT molecular complexity index is 613. The molecule has 6 nitrogen and oxygen atoms in total. The van der Waals surface area contributed by atoms with E-state index in [0.717, 1.165) is 12.8 Å². The molecular weight excluding hydrogens is 310 g/mol. The summed E-state index contributed by atoms with van der Waals surface area (Å²) in [5.74, 6) is 0. The van der Waals surface area contributed by atoms with E-state index in [9.17, 15) is 8.42 Å². The summed E-state index contributed by atoms with van der Waals surface area (Å²) < 4.78 is 32.5. The monoisotopic (exact) mass is 329 g/mol. The number of pyridine rings is 1. The summed E-state index contributed by atoms with van der Waals surface area (Å²) in [6.07, 6.45) is 3.27. The van der Waals surface area contributed by atoms with Gasteiger partial charge in [-0.3, -0.25) is 4.98 Å². The fourth-order valence-electron chi connectivity index (χ4n) is 2.34. The molecule has 0 radical (unpaired) electrons. The predicted molar refractivity (Wildman–Crippen MR) is 83.5 cm³/mol. The van der Waals surface area contributed by atoms with Gasteiger partial charge >= 0.3 is 0 Å². The summed E-state index contributed by atoms with van der Waals surface area (Å²) in [6, 6.07) is 3.05. The minimum atomic E-state index is -3.69. The third-order valence-corrected chi connectivity index (χ3v) is 5.57. The van der Waals surface area contributed by atoms with Gasteiger partial charge in [0.2, 0.25) is 10.0 Å². The summed E-state index contributed by atoms with van der Waals surface area (Å²) in [7, 11) is -3.69. The van der Waals surface area contributed by atoms with Crippen LogP contribution in [-0.2, 0) is 14.8 Å². The Balaban J connectivity index is 2.32. The van der Waals surface area contributed by atoms with Crippen molar-refractivity contribution in [1.29, 1.82) is 0 Å². The molecule has 8 heteroatoms. The Morgan fingerprint density at radius 3 is 2.95 bits per heavy atom. The Morgan fingerprint density at radius 2 is 2.38 bits per heavy atom. The number of hydrogen-bond donors (Lipinski definition) is 1. The van der Waals surface area contributed by atoms with E-state index in [1.807, 2.05) is 0 Å². The number of thiocarbonyl (C=S) groups is 1. The number of aromatic nitrogens is 1. The van der Waals surface area contributed by atoms with Crippen LogP contribution in [0.1, 0.15) is 25.5 Å². The standard InChI is InChI=1S/C13H19N3O3S2/c1-2-16(9-10-5-4-8-19-10)21(17,18)11-6-3-7-15-12(11)13(14)20/h3,6-7,10H,2,4-5,8-9H2,1H3,(H2,14,20). The zero-order valence-electron chi connectivity index (χ0n) is 11.9. The van der Waals surface area contributed by atoms with E-state index in [0.29, 0.717) is 19.7 Å². The van der Waals surface area contributed by atoms with E-state index in [1.165, 1.54) is 16.6 Å². The maximum atomic E-state index is 12.8. The summed E-state index contributed by atoms with van der Waals surface area (Å²) in [4.78, 5) is 4.02. The van der Waals surface area contributed by atoms with Gasteiger partial charge in [-0.2, -0.15) is 4.31 Å². The summed E-state index contributed by atoms with van der Waals surface area (Å²) in [5, 5.41) is 0. The van der Waals surface area contributed by atoms with Crippen molar-refractivity contribution in [2.45, 2.75) is 30.8 Å². The second-order valence-electron chi connectivity index (χ2n) is 4.81. The highest BCUT2D eigenvalue weighted by Crippen LogP contribution is 2.21. The lowest BCUT2D eigenvalue weighted by molar-refractivity contribution is 0.0946. The van der Waals surface area contributed by atoms with Gasteiger partial charge in [-0.15, -0.1) is 0 Å². The molecule has 1 aromatic rings. The molecular formula is C13H19N3O3S2. The minimum Gasteiger partial charge on any atom is -0.388 e. The number of sulfonamides is 1. The summed E-state index contributed by atoms with van der Waals surface area (Å²) >= 11 is 4.89. The molecule has 116 valence electrons. The fourth-order valence-corrected chi connectivity index (χ4v) is 4.20. The van der Waals surface area contributed by atoms with Crippen LogP contribution >= 0.6 is 12.2 Å². The maximum absolute atomic E-state index is 12.8. The maximum Gasteiger partial charge on any atom is 0.245 e. The van der Waals surface area contributed by atoms with Gasteiger partial charge in [-0.1, -0.05) is 19.1 Å². The average molecular weight is 329 g/mol. The number of nitrogens with two attached hydrogens (primary N) is 1. The topological polar surface area (TPSA) is 85.5 Å². The Morgan fingerprint density at radius 1 is 1.62 bits per heavy atom. The molecule has 0 aromatic carbocycles. The average Bonchev–Trinajstić information content (AvgIpc) is 2.97. The highest BCUT2D eigenvalue weighted by atomic mass is 32.2. The second kappa shape index (κ2) is 6.78. The van der Waals surface area contributed by atoms with Crippen LogP contribution in [0.3, 0.4) is 0 Å². The fraction of sp³-hybridized carbons (Fsp3) is 0.538. The number of nitrogens with zero attached hydrogens (tertiary/aromatic N) is 2. The van der Waals surface area contributed by atoms with Crippen molar-refractivity contribution in [2.24, 2.45) is 5.73 Å². The quantitative estimate of drug-likeness (QED) is 0.781. The molecule has 21 heavy (non-hydrogen) atoms. The van der Waals surface area contributed by atoms with Crippen LogP contribution in [0.25, 0.3) is 0 Å². The zero-order valence-corrected chi connectivity index (χ0v) is 13.5. The molecule has 0 aliphatic carbocycles. The molecule has 0 amide bonds. The highest BCUT2D eigenvalue weighted by Gasteiger charge is 2.30. The molecule has 1 saturated heterocycles. The van der Waals surface area contributed by atoms with Gasteiger partial charge in [0.1, 0.15) is 15.6 Å². The van der Waals surface area contributed by atoms with Crippen molar-refractivity contribution in [1.82, 2.24) is 9.29 Å². The number of ether oxygens (including phenoxy) is 1. The zero-order chi connectivity index (χ0) is 15.5. The van der Waals surface area contributed by atoms with Gasteiger partial charge in [0, 0.05) is 25.9 Å². The lowest BCUT2D eigenvalue weighted by Gasteiger charge is -2.24. The van der Waals surface area contributed by atoms with E-state index >= 15 is 0 Å². The Hall–Kier alpha value is -1.09. The van der Waals surface area contributed by atoms with Crippen molar-refractivity contribution < 1.29 is 13.2 Å². The molecule has 1 aliphatic heterocycles. The van der Waals surface area contributed by atoms with Gasteiger partial charge in [0.25, 0.3) is 0 Å². The second-order valence-corrected chi connectivity index (χ2v) is 7.15. The van der Waals surface area contributed by atoms with E-state index in [2.05, 4.69) is 4.98 Å².